The zero-order chi connectivity index (χ0) is 24.7. The first-order valence-electron chi connectivity index (χ1n) is 10.3. The van der Waals surface area contributed by atoms with E-state index in [0.29, 0.717) is 11.3 Å². The predicted octanol–water partition coefficient (Wildman–Crippen LogP) is 1.84. The van der Waals surface area contributed by atoms with E-state index in [4.69, 9.17) is 18.6 Å². The number of hydrogen-bond acceptors (Lipinski definition) is 8. The number of amides is 2. The first kappa shape index (κ1) is 25.6. The molecule has 0 saturated carbocycles. The number of carbonyl (C=O) groups excluding carboxylic acids is 2. The van der Waals surface area contributed by atoms with Crippen LogP contribution in [0, 0.1) is 6.92 Å². The Bertz CT molecular complexity index is 1060. The van der Waals surface area contributed by atoms with E-state index in [2.05, 4.69) is 10.6 Å². The Morgan fingerprint density at radius 1 is 1.06 bits per heavy atom. The molecule has 0 aliphatic carbocycles. The number of hydrogen-bond donors (Lipinski definition) is 3. The van der Waals surface area contributed by atoms with Crippen LogP contribution in [0.1, 0.15) is 43.1 Å². The summed E-state index contributed by atoms with van der Waals surface area (Å²) in [6.45, 7) is 4.90. The Labute approximate surface area is 191 Å². The van der Waals surface area contributed by atoms with Gasteiger partial charge in [0.2, 0.25) is 17.6 Å². The van der Waals surface area contributed by atoms with Gasteiger partial charge in [-0.2, -0.15) is 0 Å². The van der Waals surface area contributed by atoms with Crippen LogP contribution in [0.2, 0.25) is 0 Å². The molecule has 2 rings (SSSR count). The van der Waals surface area contributed by atoms with Gasteiger partial charge in [0.25, 0.3) is 0 Å². The van der Waals surface area contributed by atoms with E-state index >= 15 is 0 Å². The highest BCUT2D eigenvalue weighted by molar-refractivity contribution is 5.85. The highest BCUT2D eigenvalue weighted by Gasteiger charge is 2.30. The van der Waals surface area contributed by atoms with Crippen LogP contribution >= 0.6 is 0 Å². The van der Waals surface area contributed by atoms with E-state index in [1.807, 2.05) is 0 Å². The van der Waals surface area contributed by atoms with Crippen molar-refractivity contribution in [3.63, 3.8) is 0 Å². The van der Waals surface area contributed by atoms with Gasteiger partial charge in [-0.05, 0) is 26.8 Å². The Hall–Kier alpha value is -3.69. The molecular weight excluding hydrogens is 432 g/mol. The van der Waals surface area contributed by atoms with Gasteiger partial charge >= 0.3 is 5.63 Å². The highest BCUT2D eigenvalue weighted by atomic mass is 16.5. The third-order valence-corrected chi connectivity index (χ3v) is 4.83. The van der Waals surface area contributed by atoms with Crippen molar-refractivity contribution in [3.05, 3.63) is 45.5 Å². The van der Waals surface area contributed by atoms with Gasteiger partial charge in [-0.3, -0.25) is 9.59 Å². The van der Waals surface area contributed by atoms with Crippen LogP contribution in [-0.4, -0.2) is 50.8 Å². The minimum Gasteiger partial charge on any atom is -0.507 e. The minimum atomic E-state index is -0.968. The monoisotopic (exact) mass is 462 g/mol. The normalized spacial score (nSPS) is 11.6. The molecule has 180 valence electrons. The quantitative estimate of drug-likeness (QED) is 0.487. The number of methoxy groups -OCH3 is 3. The Morgan fingerprint density at radius 2 is 1.73 bits per heavy atom. The molecule has 2 aromatic rings. The van der Waals surface area contributed by atoms with Gasteiger partial charge in [0, 0.05) is 30.0 Å². The van der Waals surface area contributed by atoms with Crippen LogP contribution in [0.25, 0.3) is 0 Å². The van der Waals surface area contributed by atoms with Crippen LogP contribution in [0.4, 0.5) is 0 Å². The fourth-order valence-electron chi connectivity index (χ4n) is 3.50. The number of aromatic hydroxyl groups is 1. The summed E-state index contributed by atoms with van der Waals surface area (Å²) in [7, 11) is 4.30. The smallest absolute Gasteiger partial charge is 0.343 e. The molecule has 1 aromatic carbocycles. The van der Waals surface area contributed by atoms with Gasteiger partial charge < -0.3 is 34.4 Å². The van der Waals surface area contributed by atoms with E-state index in [9.17, 15) is 19.5 Å². The summed E-state index contributed by atoms with van der Waals surface area (Å²) in [4.78, 5) is 37.4. The average molecular weight is 462 g/mol. The maximum Gasteiger partial charge on any atom is 0.343 e. The average Bonchev–Trinajstić information content (AvgIpc) is 2.74. The fourth-order valence-corrected chi connectivity index (χ4v) is 3.50. The lowest BCUT2D eigenvalue weighted by atomic mass is 9.87. The molecule has 10 heteroatoms. The summed E-state index contributed by atoms with van der Waals surface area (Å²) < 4.78 is 21.4. The number of carbonyl (C=O) groups is 2. The van der Waals surface area contributed by atoms with Crippen molar-refractivity contribution in [1.29, 1.82) is 0 Å². The molecule has 3 N–H and O–H groups in total. The molecule has 0 spiro atoms. The molecule has 0 fully saturated rings. The molecule has 10 nitrogen and oxygen atoms in total. The number of nitrogens with one attached hydrogen (secondary N) is 2. The van der Waals surface area contributed by atoms with Gasteiger partial charge in [-0.25, -0.2) is 4.79 Å². The summed E-state index contributed by atoms with van der Waals surface area (Å²) in [6, 6.07) is 4.44. The van der Waals surface area contributed by atoms with Crippen LogP contribution in [0.3, 0.4) is 0 Å². The van der Waals surface area contributed by atoms with Crippen molar-refractivity contribution in [3.8, 4) is 23.0 Å². The molecule has 1 unspecified atom stereocenters. The molecule has 2 amide bonds. The molecule has 1 atom stereocenters. The molecule has 0 aliphatic rings. The van der Waals surface area contributed by atoms with Gasteiger partial charge in [-0.1, -0.05) is 6.07 Å². The molecule has 0 radical (unpaired) electrons. The maximum atomic E-state index is 12.8. The number of rotatable bonds is 10. The van der Waals surface area contributed by atoms with Crippen molar-refractivity contribution in [2.45, 2.75) is 39.2 Å². The third kappa shape index (κ3) is 6.18. The van der Waals surface area contributed by atoms with Crippen molar-refractivity contribution < 1.29 is 33.3 Å². The summed E-state index contributed by atoms with van der Waals surface area (Å²) >= 11 is 0. The van der Waals surface area contributed by atoms with Crippen molar-refractivity contribution in [2.24, 2.45) is 0 Å². The topological polar surface area (TPSA) is 136 Å². The van der Waals surface area contributed by atoms with Crippen LogP contribution in [-0.2, 0) is 9.59 Å². The standard InChI is InChI=1S/C23H30N2O8/c1-12(2)25-19(28)11-24-18(27)10-15(20-16(26)9-13(3)33-23(20)29)14-7-8-17(30-4)22(32-6)21(14)31-5/h7-9,12,15,26H,10-11H2,1-6H3,(H,24,27)(H,25,28). The maximum absolute atomic E-state index is 12.8. The van der Waals surface area contributed by atoms with E-state index in [1.54, 1.807) is 26.0 Å². The van der Waals surface area contributed by atoms with Crippen LogP contribution in [0.15, 0.2) is 27.4 Å². The van der Waals surface area contributed by atoms with Gasteiger partial charge in [0.05, 0.1) is 33.4 Å². The van der Waals surface area contributed by atoms with E-state index in [-0.39, 0.29) is 53.5 Å². The zero-order valence-corrected chi connectivity index (χ0v) is 19.6. The molecule has 0 aliphatic heterocycles. The highest BCUT2D eigenvalue weighted by Crippen LogP contribution is 2.45. The van der Waals surface area contributed by atoms with Gasteiger partial charge in [-0.15, -0.1) is 0 Å². The number of ether oxygens (including phenoxy) is 3. The molecule has 1 heterocycles. The van der Waals surface area contributed by atoms with E-state index in [1.165, 1.54) is 34.3 Å². The second-order valence-electron chi connectivity index (χ2n) is 7.62. The SMILES string of the molecule is COc1ccc(C(CC(=O)NCC(=O)NC(C)C)c2c(O)cc(C)oc2=O)c(OC)c1OC. The molecule has 0 saturated heterocycles. The fraction of sp³-hybridized carbons (Fsp3) is 0.435. The van der Waals surface area contributed by atoms with Crippen molar-refractivity contribution >= 4 is 11.8 Å². The lowest BCUT2D eigenvalue weighted by molar-refractivity contribution is -0.126. The second kappa shape index (κ2) is 11.3. The number of benzene rings is 1. The first-order valence-corrected chi connectivity index (χ1v) is 10.3. The van der Waals surface area contributed by atoms with Gasteiger partial charge in [0.15, 0.2) is 11.5 Å². The molecule has 33 heavy (non-hydrogen) atoms. The van der Waals surface area contributed by atoms with Gasteiger partial charge in [0.1, 0.15) is 11.5 Å². The first-order chi connectivity index (χ1) is 15.6. The van der Waals surface area contributed by atoms with Crippen LogP contribution in [0.5, 0.6) is 23.0 Å². The Balaban J connectivity index is 2.53. The molecule has 1 aromatic heterocycles. The van der Waals surface area contributed by atoms with Crippen molar-refractivity contribution in [1.82, 2.24) is 10.6 Å². The van der Waals surface area contributed by atoms with E-state index in [0.717, 1.165) is 0 Å². The Morgan fingerprint density at radius 3 is 2.27 bits per heavy atom. The minimum absolute atomic E-state index is 0.0766. The summed E-state index contributed by atoms with van der Waals surface area (Å²) in [5, 5.41) is 15.8. The van der Waals surface area contributed by atoms with Crippen LogP contribution < -0.4 is 30.5 Å². The molecular formula is C23H30N2O8. The predicted molar refractivity (Wildman–Crippen MR) is 120 cm³/mol. The second-order valence-corrected chi connectivity index (χ2v) is 7.62. The lowest BCUT2D eigenvalue weighted by Crippen LogP contribution is -2.40. The van der Waals surface area contributed by atoms with Crippen molar-refractivity contribution in [2.75, 3.05) is 27.9 Å². The number of aryl methyl sites for hydroxylation is 1. The third-order valence-electron chi connectivity index (χ3n) is 4.83. The summed E-state index contributed by atoms with van der Waals surface area (Å²) in [5.74, 6) is -1.07. The summed E-state index contributed by atoms with van der Waals surface area (Å²) in [6.07, 6.45) is -0.276. The largest absolute Gasteiger partial charge is 0.507 e. The summed E-state index contributed by atoms with van der Waals surface area (Å²) in [5.41, 5.74) is -0.518. The van der Waals surface area contributed by atoms with E-state index < -0.39 is 17.5 Å². The molecule has 0 bridgehead atoms. The zero-order valence-electron chi connectivity index (χ0n) is 19.6. The Kier molecular flexibility index (Phi) is 8.72. The lowest BCUT2D eigenvalue weighted by Gasteiger charge is -2.22.